The first-order valence-electron chi connectivity index (χ1n) is 4.70. The zero-order valence-electron chi connectivity index (χ0n) is 8.58. The molecular weight excluding hydrogens is 357 g/mol. The Morgan fingerprint density at radius 3 is 1.89 bits per heavy atom. The van der Waals surface area contributed by atoms with Crippen molar-refractivity contribution < 1.29 is 0 Å². The highest BCUT2D eigenvalue weighted by atomic mass is 35.5. The summed E-state index contributed by atoms with van der Waals surface area (Å²) >= 11 is 36.1. The predicted octanol–water partition coefficient (Wildman–Crippen LogP) is 7.27. The maximum atomic E-state index is 6.15. The first-order chi connectivity index (χ1) is 8.41. The quantitative estimate of drug-likeness (QED) is 0.370. The fourth-order valence-electron chi connectivity index (χ4n) is 1.49. The number of benzene rings is 2. The van der Waals surface area contributed by atoms with Crippen molar-refractivity contribution in [3.8, 4) is 11.1 Å². The lowest BCUT2D eigenvalue weighted by molar-refractivity contribution is 1.61. The Morgan fingerprint density at radius 2 is 1.22 bits per heavy atom. The lowest BCUT2D eigenvalue weighted by Crippen LogP contribution is -1.85. The molecule has 0 atom stereocenters. The summed E-state index contributed by atoms with van der Waals surface area (Å²) in [7, 11) is 0. The average Bonchev–Trinajstić information content (AvgIpc) is 2.31. The third kappa shape index (κ3) is 2.70. The van der Waals surface area contributed by atoms with Crippen LogP contribution >= 0.6 is 69.6 Å². The molecule has 0 aliphatic heterocycles. The fraction of sp³-hybridized carbons (Fsp3) is 0. The molecular formula is C12H4Cl6. The molecule has 2 aromatic rings. The van der Waals surface area contributed by atoms with Crippen LogP contribution in [0.15, 0.2) is 24.3 Å². The van der Waals surface area contributed by atoms with Gasteiger partial charge in [-0.1, -0.05) is 75.7 Å². The molecule has 0 saturated carbocycles. The summed E-state index contributed by atoms with van der Waals surface area (Å²) in [6.07, 6.45) is 0. The Bertz CT molecular complexity index is 620. The van der Waals surface area contributed by atoms with E-state index in [-0.39, 0.29) is 5.02 Å². The lowest BCUT2D eigenvalue weighted by atomic mass is 10.1. The minimum absolute atomic E-state index is 0.267. The molecule has 0 heterocycles. The van der Waals surface area contributed by atoms with Crippen LogP contribution in [0.5, 0.6) is 0 Å². The molecule has 2 rings (SSSR count). The van der Waals surface area contributed by atoms with Crippen molar-refractivity contribution in [2.45, 2.75) is 0 Å². The van der Waals surface area contributed by atoms with Crippen LogP contribution in [0, 0.1) is 0 Å². The van der Waals surface area contributed by atoms with Crippen LogP contribution in [-0.4, -0.2) is 0 Å². The second-order valence-electron chi connectivity index (χ2n) is 3.47. The topological polar surface area (TPSA) is 0 Å². The Hall–Kier alpha value is 0.180. The molecule has 0 nitrogen and oxygen atoms in total. The molecule has 18 heavy (non-hydrogen) atoms. The third-order valence-electron chi connectivity index (χ3n) is 2.32. The van der Waals surface area contributed by atoms with Gasteiger partial charge in [0.2, 0.25) is 0 Å². The van der Waals surface area contributed by atoms with E-state index < -0.39 is 0 Å². The maximum Gasteiger partial charge on any atom is 0.0784 e. The van der Waals surface area contributed by atoms with Crippen LogP contribution in [-0.2, 0) is 0 Å². The van der Waals surface area contributed by atoms with Gasteiger partial charge in [0.15, 0.2) is 0 Å². The largest absolute Gasteiger partial charge is 0.0843 e. The minimum atomic E-state index is 0.267. The summed E-state index contributed by atoms with van der Waals surface area (Å²) < 4.78 is 0. The molecule has 0 aromatic heterocycles. The van der Waals surface area contributed by atoms with Crippen LogP contribution in [0.4, 0.5) is 0 Å². The van der Waals surface area contributed by atoms with Gasteiger partial charge in [0, 0.05) is 16.1 Å². The highest BCUT2D eigenvalue weighted by Crippen LogP contribution is 2.43. The van der Waals surface area contributed by atoms with Crippen molar-refractivity contribution in [2.75, 3.05) is 0 Å². The molecule has 0 unspecified atom stereocenters. The van der Waals surface area contributed by atoms with Crippen molar-refractivity contribution in [1.29, 1.82) is 0 Å². The standard InChI is InChI=1S/C12H4Cl6/c13-5-3-7(10(16)9(15)4-5)6-1-2-8(14)12(18)11(6)17/h1-4H. The summed E-state index contributed by atoms with van der Waals surface area (Å²) in [5.74, 6) is 0. The van der Waals surface area contributed by atoms with Crippen molar-refractivity contribution >= 4 is 69.6 Å². The van der Waals surface area contributed by atoms with E-state index in [1.807, 2.05) is 0 Å². The van der Waals surface area contributed by atoms with Gasteiger partial charge in [0.05, 0.1) is 25.1 Å². The zero-order valence-corrected chi connectivity index (χ0v) is 13.1. The highest BCUT2D eigenvalue weighted by Gasteiger charge is 2.15. The molecule has 94 valence electrons. The molecule has 0 fully saturated rings. The smallest absolute Gasteiger partial charge is 0.0784 e. The van der Waals surface area contributed by atoms with E-state index in [1.165, 1.54) is 0 Å². The number of halogens is 6. The van der Waals surface area contributed by atoms with Crippen molar-refractivity contribution in [3.05, 3.63) is 54.4 Å². The van der Waals surface area contributed by atoms with Crippen LogP contribution in [0.3, 0.4) is 0 Å². The number of rotatable bonds is 1. The predicted molar refractivity (Wildman–Crippen MR) is 81.9 cm³/mol. The molecule has 6 heteroatoms. The first-order valence-corrected chi connectivity index (χ1v) is 6.97. The summed E-state index contributed by atoms with van der Waals surface area (Å²) in [4.78, 5) is 0. The van der Waals surface area contributed by atoms with Gasteiger partial charge < -0.3 is 0 Å². The van der Waals surface area contributed by atoms with Crippen molar-refractivity contribution in [2.24, 2.45) is 0 Å². The Morgan fingerprint density at radius 1 is 0.556 bits per heavy atom. The van der Waals surface area contributed by atoms with Gasteiger partial charge in [-0.05, 0) is 18.2 Å². The van der Waals surface area contributed by atoms with Gasteiger partial charge >= 0.3 is 0 Å². The van der Waals surface area contributed by atoms with Gasteiger partial charge in [-0.25, -0.2) is 0 Å². The normalized spacial score (nSPS) is 10.8. The van der Waals surface area contributed by atoms with E-state index in [0.29, 0.717) is 36.2 Å². The summed E-state index contributed by atoms with van der Waals surface area (Å²) in [5.41, 5.74) is 1.23. The fourth-order valence-corrected chi connectivity index (χ4v) is 2.83. The van der Waals surface area contributed by atoms with E-state index in [0.717, 1.165) is 0 Å². The van der Waals surface area contributed by atoms with Gasteiger partial charge in [-0.15, -0.1) is 0 Å². The molecule has 0 aliphatic carbocycles. The van der Waals surface area contributed by atoms with Crippen LogP contribution in [0.2, 0.25) is 30.1 Å². The molecule has 0 saturated heterocycles. The van der Waals surface area contributed by atoms with E-state index in [9.17, 15) is 0 Å². The average molecular weight is 361 g/mol. The summed E-state index contributed by atoms with van der Waals surface area (Å²) in [6.45, 7) is 0. The lowest BCUT2D eigenvalue weighted by Gasteiger charge is -2.11. The maximum absolute atomic E-state index is 6.15. The van der Waals surface area contributed by atoms with E-state index in [1.54, 1.807) is 24.3 Å². The summed E-state index contributed by atoms with van der Waals surface area (Å²) in [6, 6.07) is 6.57. The number of hydrogen-bond donors (Lipinski definition) is 0. The molecule has 0 spiro atoms. The second-order valence-corrected chi connectivity index (χ2v) is 5.86. The molecule has 2 aromatic carbocycles. The summed E-state index contributed by atoms with van der Waals surface area (Å²) in [5, 5.41) is 2.12. The van der Waals surface area contributed by atoms with Crippen LogP contribution < -0.4 is 0 Å². The van der Waals surface area contributed by atoms with Gasteiger partial charge in [-0.3, -0.25) is 0 Å². The van der Waals surface area contributed by atoms with E-state index >= 15 is 0 Å². The Kier molecular flexibility index (Phi) is 4.59. The van der Waals surface area contributed by atoms with Gasteiger partial charge in [0.25, 0.3) is 0 Å². The SMILES string of the molecule is Clc1cc(Cl)c(Cl)c(-c2ccc(Cl)c(Cl)c2Cl)c1. The Balaban J connectivity index is 2.74. The molecule has 0 amide bonds. The monoisotopic (exact) mass is 358 g/mol. The Labute approximate surface area is 134 Å². The molecule has 0 radical (unpaired) electrons. The first kappa shape index (κ1) is 14.6. The highest BCUT2D eigenvalue weighted by molar-refractivity contribution is 6.50. The minimum Gasteiger partial charge on any atom is -0.0843 e. The van der Waals surface area contributed by atoms with E-state index in [4.69, 9.17) is 69.6 Å². The van der Waals surface area contributed by atoms with Crippen LogP contribution in [0.1, 0.15) is 0 Å². The molecule has 0 aliphatic rings. The van der Waals surface area contributed by atoms with Gasteiger partial charge in [0.1, 0.15) is 0 Å². The number of hydrogen-bond acceptors (Lipinski definition) is 0. The van der Waals surface area contributed by atoms with Crippen molar-refractivity contribution in [3.63, 3.8) is 0 Å². The third-order valence-corrected chi connectivity index (χ3v) is 4.63. The zero-order chi connectivity index (χ0) is 13.4. The van der Waals surface area contributed by atoms with Crippen LogP contribution in [0.25, 0.3) is 11.1 Å². The van der Waals surface area contributed by atoms with Crippen molar-refractivity contribution in [1.82, 2.24) is 0 Å². The van der Waals surface area contributed by atoms with Gasteiger partial charge in [-0.2, -0.15) is 0 Å². The van der Waals surface area contributed by atoms with E-state index in [2.05, 4.69) is 0 Å². The molecule has 0 N–H and O–H groups in total. The second kappa shape index (κ2) is 5.66. The molecule has 0 bridgehead atoms.